The lowest BCUT2D eigenvalue weighted by molar-refractivity contribution is 0.222. The highest BCUT2D eigenvalue weighted by molar-refractivity contribution is 6.35. The number of benzene rings is 1. The van der Waals surface area contributed by atoms with Gasteiger partial charge in [-0.3, -0.25) is 9.69 Å². The predicted octanol–water partition coefficient (Wildman–Crippen LogP) is 3.21. The second kappa shape index (κ2) is 5.72. The van der Waals surface area contributed by atoms with Crippen LogP contribution in [0, 0.1) is 0 Å². The van der Waals surface area contributed by atoms with Gasteiger partial charge in [0.2, 0.25) is 5.43 Å². The summed E-state index contributed by atoms with van der Waals surface area (Å²) in [6.07, 6.45) is 1.90. The number of hydrogen-bond donors (Lipinski definition) is 1. The smallest absolute Gasteiger partial charge is 0.226 e. The summed E-state index contributed by atoms with van der Waals surface area (Å²) in [5.41, 5.74) is 1.80. The Morgan fingerprint density at radius 1 is 1.29 bits per heavy atom. The van der Waals surface area contributed by atoms with Crippen LogP contribution in [-0.2, 0) is 19.5 Å². The molecule has 0 saturated carbocycles. The van der Waals surface area contributed by atoms with E-state index in [0.717, 1.165) is 30.4 Å². The second-order valence-corrected chi connectivity index (χ2v) is 5.93. The zero-order valence-electron chi connectivity index (χ0n) is 11.1. The molecule has 21 heavy (non-hydrogen) atoms. The molecular weight excluding hydrogens is 313 g/mol. The van der Waals surface area contributed by atoms with Crippen molar-refractivity contribution in [3.8, 4) is 5.75 Å². The summed E-state index contributed by atoms with van der Waals surface area (Å²) >= 11 is 12.2. The first-order valence-electron chi connectivity index (χ1n) is 6.53. The first-order valence-corrected chi connectivity index (χ1v) is 7.28. The molecule has 4 nitrogen and oxygen atoms in total. The molecule has 0 fully saturated rings. The minimum absolute atomic E-state index is 0.374. The molecule has 0 radical (unpaired) electrons. The Bertz CT molecular complexity index is 742. The van der Waals surface area contributed by atoms with E-state index in [-0.39, 0.29) is 5.75 Å². The van der Waals surface area contributed by atoms with Crippen molar-refractivity contribution in [3.63, 3.8) is 0 Å². The fourth-order valence-electron chi connectivity index (χ4n) is 2.55. The second-order valence-electron chi connectivity index (χ2n) is 5.08. The number of rotatable bonds is 2. The van der Waals surface area contributed by atoms with Crippen LogP contribution >= 0.6 is 23.2 Å². The molecule has 2 aromatic rings. The number of nitrogens with zero attached hydrogens (tertiary/aromatic N) is 1. The van der Waals surface area contributed by atoms with E-state index in [9.17, 15) is 9.90 Å². The zero-order chi connectivity index (χ0) is 15.0. The molecule has 1 aromatic heterocycles. The van der Waals surface area contributed by atoms with Crippen LogP contribution in [0.3, 0.4) is 0 Å². The Hall–Kier alpha value is -1.49. The Labute approximate surface area is 131 Å². The minimum Gasteiger partial charge on any atom is -0.502 e. The first-order chi connectivity index (χ1) is 10.0. The van der Waals surface area contributed by atoms with Gasteiger partial charge in [-0.25, -0.2) is 0 Å². The maximum absolute atomic E-state index is 11.4. The van der Waals surface area contributed by atoms with Crippen molar-refractivity contribution < 1.29 is 9.52 Å². The number of halogens is 2. The zero-order valence-corrected chi connectivity index (χ0v) is 12.6. The summed E-state index contributed by atoms with van der Waals surface area (Å²) in [6.45, 7) is 2.01. The average molecular weight is 326 g/mol. The quantitative estimate of drug-likeness (QED) is 0.921. The lowest BCUT2D eigenvalue weighted by Crippen LogP contribution is -2.30. The van der Waals surface area contributed by atoms with Crippen molar-refractivity contribution >= 4 is 23.2 Å². The van der Waals surface area contributed by atoms with Gasteiger partial charge in [-0.05, 0) is 29.7 Å². The first kappa shape index (κ1) is 14.4. The van der Waals surface area contributed by atoms with E-state index in [4.69, 9.17) is 27.6 Å². The van der Waals surface area contributed by atoms with Gasteiger partial charge >= 0.3 is 0 Å². The Kier molecular flexibility index (Phi) is 3.93. The largest absolute Gasteiger partial charge is 0.502 e. The SMILES string of the molecule is O=c1cc(CN2CCc3c(Cl)cc(Cl)cc3C2)occ1O. The molecular formula is C15H13Cl2NO3. The highest BCUT2D eigenvalue weighted by Gasteiger charge is 2.20. The lowest BCUT2D eigenvalue weighted by Gasteiger charge is -2.28. The molecule has 0 aliphatic carbocycles. The molecule has 0 saturated heterocycles. The van der Waals surface area contributed by atoms with E-state index < -0.39 is 5.43 Å². The molecule has 110 valence electrons. The molecule has 1 aromatic carbocycles. The summed E-state index contributed by atoms with van der Waals surface area (Å²) in [7, 11) is 0. The monoisotopic (exact) mass is 325 g/mol. The fraction of sp³-hybridized carbons (Fsp3) is 0.267. The molecule has 0 amide bonds. The molecule has 0 atom stereocenters. The molecule has 0 spiro atoms. The van der Waals surface area contributed by atoms with Gasteiger partial charge in [0.25, 0.3) is 0 Å². The van der Waals surface area contributed by atoms with E-state index in [1.807, 2.05) is 6.07 Å². The Morgan fingerprint density at radius 2 is 2.10 bits per heavy atom. The van der Waals surface area contributed by atoms with Gasteiger partial charge in [-0.15, -0.1) is 0 Å². The predicted molar refractivity (Wildman–Crippen MR) is 80.9 cm³/mol. The van der Waals surface area contributed by atoms with Crippen molar-refractivity contribution in [1.82, 2.24) is 4.90 Å². The number of fused-ring (bicyclic) bond motifs is 1. The lowest BCUT2D eigenvalue weighted by atomic mass is 9.99. The topological polar surface area (TPSA) is 53.7 Å². The van der Waals surface area contributed by atoms with E-state index >= 15 is 0 Å². The van der Waals surface area contributed by atoms with Gasteiger partial charge in [0.1, 0.15) is 12.0 Å². The molecule has 0 unspecified atom stereocenters. The Morgan fingerprint density at radius 3 is 2.86 bits per heavy atom. The van der Waals surface area contributed by atoms with E-state index in [1.165, 1.54) is 6.07 Å². The van der Waals surface area contributed by atoms with Crippen LogP contribution in [0.1, 0.15) is 16.9 Å². The van der Waals surface area contributed by atoms with Gasteiger partial charge in [0.05, 0.1) is 6.54 Å². The van der Waals surface area contributed by atoms with Crippen LogP contribution in [0.25, 0.3) is 0 Å². The van der Waals surface area contributed by atoms with Gasteiger partial charge in [0.15, 0.2) is 5.75 Å². The standard InChI is InChI=1S/C15H13Cl2NO3/c16-10-3-9-6-18(2-1-12(9)13(17)4-10)7-11-5-14(19)15(20)8-21-11/h3-5,8,20H,1-2,6-7H2. The van der Waals surface area contributed by atoms with Crippen LogP contribution in [0.2, 0.25) is 10.0 Å². The Balaban J connectivity index is 1.80. The molecule has 6 heteroatoms. The van der Waals surface area contributed by atoms with Crippen molar-refractivity contribution in [2.75, 3.05) is 6.54 Å². The number of hydrogen-bond acceptors (Lipinski definition) is 4. The summed E-state index contributed by atoms with van der Waals surface area (Å²) in [5, 5.41) is 10.5. The van der Waals surface area contributed by atoms with Gasteiger partial charge < -0.3 is 9.52 Å². The third-order valence-electron chi connectivity index (χ3n) is 3.57. The van der Waals surface area contributed by atoms with Crippen LogP contribution in [0.4, 0.5) is 0 Å². The fourth-order valence-corrected chi connectivity index (χ4v) is 3.18. The van der Waals surface area contributed by atoms with Crippen molar-refractivity contribution in [2.24, 2.45) is 0 Å². The third-order valence-corrected chi connectivity index (χ3v) is 4.13. The maximum Gasteiger partial charge on any atom is 0.226 e. The van der Waals surface area contributed by atoms with Crippen LogP contribution in [-0.4, -0.2) is 16.6 Å². The van der Waals surface area contributed by atoms with Crippen molar-refractivity contribution in [2.45, 2.75) is 19.5 Å². The molecule has 1 aliphatic heterocycles. The van der Waals surface area contributed by atoms with E-state index in [0.29, 0.717) is 28.9 Å². The average Bonchev–Trinajstić information content (AvgIpc) is 2.42. The van der Waals surface area contributed by atoms with Gasteiger partial charge in [-0.2, -0.15) is 0 Å². The summed E-state index contributed by atoms with van der Waals surface area (Å²) in [4.78, 5) is 13.5. The summed E-state index contributed by atoms with van der Waals surface area (Å²) in [6, 6.07) is 4.99. The molecule has 3 rings (SSSR count). The van der Waals surface area contributed by atoms with E-state index in [2.05, 4.69) is 4.90 Å². The van der Waals surface area contributed by atoms with Crippen molar-refractivity contribution in [1.29, 1.82) is 0 Å². The minimum atomic E-state index is -0.431. The summed E-state index contributed by atoms with van der Waals surface area (Å²) in [5.74, 6) is 0.149. The highest BCUT2D eigenvalue weighted by atomic mass is 35.5. The van der Waals surface area contributed by atoms with Crippen LogP contribution < -0.4 is 5.43 Å². The van der Waals surface area contributed by atoms with Gasteiger partial charge in [-0.1, -0.05) is 23.2 Å². The summed E-state index contributed by atoms with van der Waals surface area (Å²) < 4.78 is 5.23. The molecule has 1 aliphatic rings. The van der Waals surface area contributed by atoms with Crippen molar-refractivity contribution in [3.05, 3.63) is 61.6 Å². The molecule has 1 N–H and O–H groups in total. The molecule has 0 bridgehead atoms. The van der Waals surface area contributed by atoms with Crippen LogP contribution in [0.15, 0.2) is 33.7 Å². The maximum atomic E-state index is 11.4. The number of aromatic hydroxyl groups is 1. The normalized spacial score (nSPS) is 15.0. The van der Waals surface area contributed by atoms with E-state index in [1.54, 1.807) is 6.07 Å². The van der Waals surface area contributed by atoms with Gasteiger partial charge in [0, 0.05) is 29.2 Å². The van der Waals surface area contributed by atoms with Crippen LogP contribution in [0.5, 0.6) is 5.75 Å². The molecule has 2 heterocycles. The third kappa shape index (κ3) is 3.07. The highest BCUT2D eigenvalue weighted by Crippen LogP contribution is 2.30.